The molecule has 0 bridgehead atoms. The topological polar surface area (TPSA) is 95.3 Å². The van der Waals surface area contributed by atoms with Gasteiger partial charge in [-0.2, -0.15) is 5.26 Å². The number of aromatic nitrogens is 1. The summed E-state index contributed by atoms with van der Waals surface area (Å²) < 4.78 is 4.80. The van der Waals surface area contributed by atoms with E-state index in [-0.39, 0.29) is 18.1 Å². The smallest absolute Gasteiger partial charge is 0.350 e. The number of anilines is 2. The van der Waals surface area contributed by atoms with Crippen molar-refractivity contribution in [3.63, 3.8) is 0 Å². The molecule has 0 unspecified atom stereocenters. The van der Waals surface area contributed by atoms with Gasteiger partial charge in [0.05, 0.1) is 12.3 Å². The first-order chi connectivity index (χ1) is 13.1. The normalized spacial score (nSPS) is 14.1. The van der Waals surface area contributed by atoms with E-state index < -0.39 is 5.97 Å². The highest BCUT2D eigenvalue weighted by Crippen LogP contribution is 2.28. The number of carbonyl (C=O) groups is 2. The second kappa shape index (κ2) is 8.47. The third kappa shape index (κ3) is 4.33. The van der Waals surface area contributed by atoms with Gasteiger partial charge in [-0.05, 0) is 25.5 Å². The number of rotatable bonds is 6. The first-order valence-corrected chi connectivity index (χ1v) is 9.40. The lowest BCUT2D eigenvalue weighted by Gasteiger charge is -2.15. The Balaban J connectivity index is 1.69. The Bertz CT molecular complexity index is 912. The molecule has 0 saturated carbocycles. The van der Waals surface area contributed by atoms with Crippen LogP contribution < -0.4 is 10.2 Å². The lowest BCUT2D eigenvalue weighted by Crippen LogP contribution is -2.23. The molecule has 1 fully saturated rings. The highest BCUT2D eigenvalue weighted by Gasteiger charge is 2.21. The monoisotopic (exact) mass is 382 g/mol. The number of amides is 1. The zero-order valence-corrected chi connectivity index (χ0v) is 15.6. The van der Waals surface area contributed by atoms with Crippen LogP contribution in [-0.2, 0) is 14.3 Å². The number of ether oxygens (including phenoxy) is 1. The molecule has 138 valence electrons. The van der Waals surface area contributed by atoms with Gasteiger partial charge in [-0.3, -0.25) is 4.79 Å². The number of thiazole rings is 1. The molecule has 0 spiro atoms. The predicted molar refractivity (Wildman–Crippen MR) is 103 cm³/mol. The average molecular weight is 382 g/mol. The number of hydrogen-bond acceptors (Lipinski definition) is 7. The number of nitrogens with zero attached hydrogens (tertiary/aromatic N) is 3. The fourth-order valence-electron chi connectivity index (χ4n) is 2.69. The van der Waals surface area contributed by atoms with Crippen LogP contribution in [0.2, 0.25) is 0 Å². The van der Waals surface area contributed by atoms with E-state index in [1.807, 2.05) is 29.6 Å². The van der Waals surface area contributed by atoms with E-state index in [9.17, 15) is 9.59 Å². The largest absolute Gasteiger partial charge is 0.462 e. The first-order valence-electron chi connectivity index (χ1n) is 8.52. The van der Waals surface area contributed by atoms with Crippen LogP contribution in [0.3, 0.4) is 0 Å². The minimum Gasteiger partial charge on any atom is -0.462 e. The number of nitriles is 1. The molecule has 8 heteroatoms. The van der Waals surface area contributed by atoms with E-state index >= 15 is 0 Å². The van der Waals surface area contributed by atoms with E-state index in [2.05, 4.69) is 10.3 Å². The molecule has 1 saturated heterocycles. The number of carbonyl (C=O) groups excluding carboxylic acids is 2. The van der Waals surface area contributed by atoms with E-state index in [0.29, 0.717) is 11.6 Å². The number of nitrogens with one attached hydrogen (secondary N) is 1. The predicted octanol–water partition coefficient (Wildman–Crippen LogP) is 3.32. The van der Waals surface area contributed by atoms with Crippen LogP contribution in [0.4, 0.5) is 10.8 Å². The Morgan fingerprint density at radius 2 is 2.22 bits per heavy atom. The molecule has 3 rings (SSSR count). The van der Waals surface area contributed by atoms with Gasteiger partial charge in [-0.1, -0.05) is 12.1 Å². The molecule has 0 atom stereocenters. The minimum atomic E-state index is -0.670. The van der Waals surface area contributed by atoms with Crippen molar-refractivity contribution < 1.29 is 14.3 Å². The maximum Gasteiger partial charge on any atom is 0.350 e. The standard InChI is InChI=1S/C19H18N4O3S/c1-2-26-18(25)14(10-20)11-21-19-22-16(12-27-19)13-5-7-15(8-6-13)23-9-3-4-17(23)24/h5-8,11-12H,2-4,9H2,1H3,(H,21,22)/b14-11+. The molecule has 27 heavy (non-hydrogen) atoms. The highest BCUT2D eigenvalue weighted by atomic mass is 32.1. The summed E-state index contributed by atoms with van der Waals surface area (Å²) in [6.07, 6.45) is 2.79. The summed E-state index contributed by atoms with van der Waals surface area (Å²) in [7, 11) is 0. The van der Waals surface area contributed by atoms with Gasteiger partial charge in [0.1, 0.15) is 6.07 Å². The third-order valence-corrected chi connectivity index (χ3v) is 4.78. The molecule has 2 heterocycles. The second-order valence-electron chi connectivity index (χ2n) is 5.77. The zero-order chi connectivity index (χ0) is 19.2. The Hall–Kier alpha value is -3.18. The van der Waals surface area contributed by atoms with Crippen LogP contribution in [0.25, 0.3) is 11.3 Å². The molecule has 1 aromatic carbocycles. The van der Waals surface area contributed by atoms with Gasteiger partial charge in [0.25, 0.3) is 0 Å². The molecule has 1 aliphatic heterocycles. The lowest BCUT2D eigenvalue weighted by molar-refractivity contribution is -0.138. The van der Waals surface area contributed by atoms with Gasteiger partial charge < -0.3 is 15.0 Å². The Morgan fingerprint density at radius 3 is 2.85 bits per heavy atom. The Morgan fingerprint density at radius 1 is 1.44 bits per heavy atom. The third-order valence-electron chi connectivity index (χ3n) is 4.01. The Labute approximate surface area is 160 Å². The first kappa shape index (κ1) is 18.6. The number of benzene rings is 1. The van der Waals surface area contributed by atoms with Crippen molar-refractivity contribution in [2.24, 2.45) is 0 Å². The SMILES string of the molecule is CCOC(=O)/C(C#N)=C/Nc1nc(-c2ccc(N3CCCC3=O)cc2)cs1. The van der Waals surface area contributed by atoms with Crippen molar-refractivity contribution in [1.82, 2.24) is 4.98 Å². The fraction of sp³-hybridized carbons (Fsp3) is 0.263. The number of esters is 1. The van der Waals surface area contributed by atoms with Gasteiger partial charge in [0.2, 0.25) is 5.91 Å². The zero-order valence-electron chi connectivity index (χ0n) is 14.8. The minimum absolute atomic E-state index is 0.117. The van der Waals surface area contributed by atoms with Crippen LogP contribution in [0.1, 0.15) is 19.8 Å². The average Bonchev–Trinajstić information content (AvgIpc) is 3.32. The molecule has 0 aliphatic carbocycles. The molecular formula is C19H18N4O3S. The van der Waals surface area contributed by atoms with Crippen LogP contribution in [-0.4, -0.2) is 30.0 Å². The van der Waals surface area contributed by atoms with Crippen LogP contribution in [0, 0.1) is 11.3 Å². The molecule has 1 N–H and O–H groups in total. The summed E-state index contributed by atoms with van der Waals surface area (Å²) in [5, 5.41) is 14.3. The maximum atomic E-state index is 11.8. The second-order valence-corrected chi connectivity index (χ2v) is 6.63. The quantitative estimate of drug-likeness (QED) is 0.468. The summed E-state index contributed by atoms with van der Waals surface area (Å²) in [4.78, 5) is 29.7. The van der Waals surface area contributed by atoms with E-state index in [1.54, 1.807) is 17.9 Å². The summed E-state index contributed by atoms with van der Waals surface area (Å²) in [6, 6.07) is 9.48. The molecule has 1 aliphatic rings. The van der Waals surface area contributed by atoms with Crippen molar-refractivity contribution in [2.75, 3.05) is 23.4 Å². The molecule has 1 amide bonds. The maximum absolute atomic E-state index is 11.8. The molecular weight excluding hydrogens is 364 g/mol. The lowest BCUT2D eigenvalue weighted by atomic mass is 10.1. The van der Waals surface area contributed by atoms with Crippen LogP contribution in [0.5, 0.6) is 0 Å². The Kier molecular flexibility index (Phi) is 5.84. The summed E-state index contributed by atoms with van der Waals surface area (Å²) in [6.45, 7) is 2.65. The van der Waals surface area contributed by atoms with Crippen LogP contribution >= 0.6 is 11.3 Å². The van der Waals surface area contributed by atoms with Gasteiger partial charge in [-0.25, -0.2) is 9.78 Å². The van der Waals surface area contributed by atoms with Crippen molar-refractivity contribution in [3.8, 4) is 17.3 Å². The molecule has 1 aromatic heterocycles. The van der Waals surface area contributed by atoms with Crippen molar-refractivity contribution in [3.05, 3.63) is 41.4 Å². The molecule has 2 aromatic rings. The van der Waals surface area contributed by atoms with E-state index in [0.717, 1.165) is 29.9 Å². The van der Waals surface area contributed by atoms with Gasteiger partial charge in [0, 0.05) is 35.8 Å². The van der Waals surface area contributed by atoms with Crippen molar-refractivity contribution in [2.45, 2.75) is 19.8 Å². The molecule has 7 nitrogen and oxygen atoms in total. The highest BCUT2D eigenvalue weighted by molar-refractivity contribution is 7.14. The van der Waals surface area contributed by atoms with Crippen molar-refractivity contribution in [1.29, 1.82) is 5.26 Å². The summed E-state index contributed by atoms with van der Waals surface area (Å²) >= 11 is 1.36. The summed E-state index contributed by atoms with van der Waals surface area (Å²) in [5.74, 6) is -0.513. The van der Waals surface area contributed by atoms with Crippen molar-refractivity contribution >= 4 is 34.0 Å². The summed E-state index contributed by atoms with van der Waals surface area (Å²) in [5.41, 5.74) is 2.47. The van der Waals surface area contributed by atoms with E-state index in [1.165, 1.54) is 17.5 Å². The number of hydrogen-bond donors (Lipinski definition) is 1. The fourth-order valence-corrected chi connectivity index (χ4v) is 3.38. The van der Waals surface area contributed by atoms with Gasteiger partial charge in [0.15, 0.2) is 10.7 Å². The van der Waals surface area contributed by atoms with Crippen LogP contribution in [0.15, 0.2) is 41.4 Å². The molecule has 0 radical (unpaired) electrons. The van der Waals surface area contributed by atoms with Gasteiger partial charge in [-0.15, -0.1) is 11.3 Å². The van der Waals surface area contributed by atoms with Gasteiger partial charge >= 0.3 is 5.97 Å². The van der Waals surface area contributed by atoms with E-state index in [4.69, 9.17) is 10.00 Å².